The summed E-state index contributed by atoms with van der Waals surface area (Å²) in [5.74, 6) is 1.71. The smallest absolute Gasteiger partial charge is 0.191 e. The van der Waals surface area contributed by atoms with E-state index >= 15 is 0 Å². The molecule has 0 aliphatic heterocycles. The van der Waals surface area contributed by atoms with Crippen LogP contribution < -0.4 is 10.6 Å². The highest BCUT2D eigenvalue weighted by Crippen LogP contribution is 2.07. The van der Waals surface area contributed by atoms with Gasteiger partial charge in [0.25, 0.3) is 0 Å². The topological polar surface area (TPSA) is 67.1 Å². The molecule has 0 amide bonds. The zero-order valence-corrected chi connectivity index (χ0v) is 14.9. The number of aliphatic imine (C=N–C) groups is 1. The third-order valence-electron chi connectivity index (χ3n) is 2.63. The Balaban J connectivity index is 0.00000200. The Morgan fingerprint density at radius 3 is 2.70 bits per heavy atom. The van der Waals surface area contributed by atoms with Crippen LogP contribution in [0.3, 0.4) is 0 Å². The van der Waals surface area contributed by atoms with Gasteiger partial charge in [0, 0.05) is 37.6 Å². The normalized spacial score (nSPS) is 11.1. The van der Waals surface area contributed by atoms with Gasteiger partial charge in [-0.15, -0.1) is 35.3 Å². The molecular formula is C12H19IN6S. The Morgan fingerprint density at radius 1 is 1.40 bits per heavy atom. The summed E-state index contributed by atoms with van der Waals surface area (Å²) in [7, 11) is 3.72. The van der Waals surface area contributed by atoms with Gasteiger partial charge in [-0.05, 0) is 6.92 Å². The van der Waals surface area contributed by atoms with Gasteiger partial charge >= 0.3 is 0 Å². The number of hydrogen-bond donors (Lipinski definition) is 2. The standard InChI is InChI=1S/C12H18N6S.HI/c1-9-8-19-11(17-9)7-16-12(13-2)15-6-10-14-4-5-18(10)3;/h4-5,8H,6-7H2,1-3H3,(H2,13,15,16);1H. The zero-order chi connectivity index (χ0) is 13.7. The first-order valence-electron chi connectivity index (χ1n) is 6.00. The SMILES string of the molecule is CN=C(NCc1nc(C)cs1)NCc1nccn1C.I. The third-order valence-corrected chi connectivity index (χ3v) is 3.60. The van der Waals surface area contributed by atoms with Crippen LogP contribution in [0, 0.1) is 6.92 Å². The van der Waals surface area contributed by atoms with E-state index in [-0.39, 0.29) is 24.0 Å². The number of thiazole rings is 1. The van der Waals surface area contributed by atoms with Gasteiger partial charge in [0.1, 0.15) is 10.8 Å². The predicted octanol–water partition coefficient (Wildman–Crippen LogP) is 1.67. The summed E-state index contributed by atoms with van der Waals surface area (Å²) in [5.41, 5.74) is 1.05. The van der Waals surface area contributed by atoms with Crippen LogP contribution in [0.5, 0.6) is 0 Å². The first kappa shape index (κ1) is 16.9. The molecule has 0 saturated carbocycles. The quantitative estimate of drug-likeness (QED) is 0.461. The fraction of sp³-hybridized carbons (Fsp3) is 0.417. The number of hydrogen-bond acceptors (Lipinski definition) is 4. The number of nitrogens with zero attached hydrogens (tertiary/aromatic N) is 4. The van der Waals surface area contributed by atoms with Crippen molar-refractivity contribution in [1.29, 1.82) is 0 Å². The minimum absolute atomic E-state index is 0. The molecule has 0 spiro atoms. The van der Waals surface area contributed by atoms with Crippen molar-refractivity contribution in [2.75, 3.05) is 7.05 Å². The van der Waals surface area contributed by atoms with Crippen LogP contribution in [0.15, 0.2) is 22.8 Å². The summed E-state index contributed by atoms with van der Waals surface area (Å²) >= 11 is 1.65. The van der Waals surface area contributed by atoms with E-state index in [1.54, 1.807) is 24.6 Å². The number of aromatic nitrogens is 3. The summed E-state index contributed by atoms with van der Waals surface area (Å²) in [6.45, 7) is 3.31. The third kappa shape index (κ3) is 4.75. The molecule has 110 valence electrons. The summed E-state index contributed by atoms with van der Waals surface area (Å²) in [4.78, 5) is 12.8. The Morgan fingerprint density at radius 2 is 2.15 bits per heavy atom. The Hall–Kier alpha value is -1.16. The second kappa shape index (κ2) is 8.20. The van der Waals surface area contributed by atoms with Crippen LogP contribution in [-0.2, 0) is 20.1 Å². The maximum Gasteiger partial charge on any atom is 0.191 e. The first-order valence-corrected chi connectivity index (χ1v) is 6.88. The number of aryl methyl sites for hydroxylation is 2. The molecule has 0 unspecified atom stereocenters. The van der Waals surface area contributed by atoms with Crippen LogP contribution in [0.4, 0.5) is 0 Å². The molecule has 2 N–H and O–H groups in total. The van der Waals surface area contributed by atoms with E-state index in [9.17, 15) is 0 Å². The molecule has 2 aromatic rings. The molecule has 0 aliphatic carbocycles. The van der Waals surface area contributed by atoms with Crippen LogP contribution in [0.2, 0.25) is 0 Å². The highest BCUT2D eigenvalue weighted by Gasteiger charge is 2.03. The molecule has 20 heavy (non-hydrogen) atoms. The molecule has 2 rings (SSSR count). The van der Waals surface area contributed by atoms with E-state index in [1.807, 2.05) is 30.1 Å². The van der Waals surface area contributed by atoms with E-state index in [2.05, 4.69) is 25.6 Å². The predicted molar refractivity (Wildman–Crippen MR) is 92.5 cm³/mol. The van der Waals surface area contributed by atoms with Crippen LogP contribution >= 0.6 is 35.3 Å². The Bertz CT molecular complexity index is 562. The van der Waals surface area contributed by atoms with Gasteiger partial charge in [-0.3, -0.25) is 4.99 Å². The van der Waals surface area contributed by atoms with E-state index in [1.165, 1.54) is 0 Å². The number of guanidine groups is 1. The van der Waals surface area contributed by atoms with Crippen LogP contribution in [0.1, 0.15) is 16.5 Å². The van der Waals surface area contributed by atoms with Gasteiger partial charge in [-0.2, -0.15) is 0 Å². The van der Waals surface area contributed by atoms with Gasteiger partial charge in [-0.1, -0.05) is 0 Å². The highest BCUT2D eigenvalue weighted by atomic mass is 127. The molecule has 0 bridgehead atoms. The van der Waals surface area contributed by atoms with Gasteiger partial charge in [0.05, 0.1) is 13.1 Å². The maximum absolute atomic E-state index is 4.40. The minimum atomic E-state index is 0. The van der Waals surface area contributed by atoms with Crippen molar-refractivity contribution in [3.8, 4) is 0 Å². The zero-order valence-electron chi connectivity index (χ0n) is 11.8. The van der Waals surface area contributed by atoms with Crippen molar-refractivity contribution in [3.05, 3.63) is 34.3 Å². The van der Waals surface area contributed by atoms with Crippen LogP contribution in [-0.4, -0.2) is 27.5 Å². The Kier molecular flexibility index (Phi) is 6.93. The monoisotopic (exact) mass is 406 g/mol. The minimum Gasteiger partial charge on any atom is -0.350 e. The number of halogens is 1. The molecule has 0 saturated heterocycles. The lowest BCUT2D eigenvalue weighted by atomic mass is 10.5. The number of nitrogens with one attached hydrogen (secondary N) is 2. The molecule has 0 aromatic carbocycles. The van der Waals surface area contributed by atoms with Crippen molar-refractivity contribution < 1.29 is 0 Å². The first-order chi connectivity index (χ1) is 9.19. The number of rotatable bonds is 4. The molecule has 0 aliphatic rings. The summed E-state index contributed by atoms with van der Waals surface area (Å²) < 4.78 is 1.98. The lowest BCUT2D eigenvalue weighted by Gasteiger charge is -2.10. The van der Waals surface area contributed by atoms with E-state index in [0.717, 1.165) is 22.5 Å². The lowest BCUT2D eigenvalue weighted by Crippen LogP contribution is -2.36. The molecular weight excluding hydrogens is 387 g/mol. The van der Waals surface area contributed by atoms with Crippen molar-refractivity contribution in [2.24, 2.45) is 12.0 Å². The molecule has 2 heterocycles. The average molecular weight is 406 g/mol. The van der Waals surface area contributed by atoms with Gasteiger partial charge in [0.15, 0.2) is 5.96 Å². The summed E-state index contributed by atoms with van der Waals surface area (Å²) in [6.07, 6.45) is 3.71. The van der Waals surface area contributed by atoms with Crippen molar-refractivity contribution in [1.82, 2.24) is 25.2 Å². The van der Waals surface area contributed by atoms with E-state index < -0.39 is 0 Å². The summed E-state index contributed by atoms with van der Waals surface area (Å²) in [5, 5.41) is 9.55. The fourth-order valence-electron chi connectivity index (χ4n) is 1.59. The fourth-order valence-corrected chi connectivity index (χ4v) is 2.30. The van der Waals surface area contributed by atoms with Crippen molar-refractivity contribution >= 4 is 41.3 Å². The van der Waals surface area contributed by atoms with Crippen LogP contribution in [0.25, 0.3) is 0 Å². The Labute approximate surface area is 139 Å². The molecule has 2 aromatic heterocycles. The van der Waals surface area contributed by atoms with Crippen molar-refractivity contribution in [2.45, 2.75) is 20.0 Å². The molecule has 0 atom stereocenters. The molecule has 0 fully saturated rings. The van der Waals surface area contributed by atoms with Gasteiger partial charge < -0.3 is 15.2 Å². The maximum atomic E-state index is 4.40. The molecule has 6 nitrogen and oxygen atoms in total. The average Bonchev–Trinajstić information content (AvgIpc) is 2.99. The van der Waals surface area contributed by atoms with Crippen molar-refractivity contribution in [3.63, 3.8) is 0 Å². The largest absolute Gasteiger partial charge is 0.350 e. The van der Waals surface area contributed by atoms with E-state index in [4.69, 9.17) is 0 Å². The van der Waals surface area contributed by atoms with Gasteiger partial charge in [-0.25, -0.2) is 9.97 Å². The second-order valence-electron chi connectivity index (χ2n) is 4.12. The number of imidazole rings is 1. The lowest BCUT2D eigenvalue weighted by molar-refractivity contribution is 0.726. The van der Waals surface area contributed by atoms with Gasteiger partial charge in [0.2, 0.25) is 0 Å². The molecule has 8 heteroatoms. The molecule has 0 radical (unpaired) electrons. The van der Waals surface area contributed by atoms with E-state index in [0.29, 0.717) is 13.1 Å². The summed E-state index contributed by atoms with van der Waals surface area (Å²) in [6, 6.07) is 0. The highest BCUT2D eigenvalue weighted by molar-refractivity contribution is 14.0. The second-order valence-corrected chi connectivity index (χ2v) is 5.06.